The summed E-state index contributed by atoms with van der Waals surface area (Å²) in [7, 11) is 0. The van der Waals surface area contributed by atoms with Crippen LogP contribution in [-0.2, 0) is 9.59 Å². The molecular weight excluding hydrogens is 218 g/mol. The summed E-state index contributed by atoms with van der Waals surface area (Å²) in [6.07, 6.45) is 6.54. The standard InChI is InChI=1S/C13H19NO3/c1-2-9(7-8-15)14-12(16)10-5-3-4-6-11(10)13(14)17/h3-4,9-11,15H,2,5-8H2,1H3/t9?,10-,11+. The zero-order valence-corrected chi connectivity index (χ0v) is 10.1. The van der Waals surface area contributed by atoms with E-state index in [1.54, 1.807) is 0 Å². The van der Waals surface area contributed by atoms with Crippen molar-refractivity contribution in [1.29, 1.82) is 0 Å². The molecule has 4 nitrogen and oxygen atoms in total. The Morgan fingerprint density at radius 2 is 1.82 bits per heavy atom. The smallest absolute Gasteiger partial charge is 0.233 e. The number of amides is 2. The lowest BCUT2D eigenvalue weighted by Crippen LogP contribution is -2.41. The number of nitrogens with zero attached hydrogens (tertiary/aromatic N) is 1. The fraction of sp³-hybridized carbons (Fsp3) is 0.692. The molecule has 17 heavy (non-hydrogen) atoms. The largest absolute Gasteiger partial charge is 0.396 e. The summed E-state index contributed by atoms with van der Waals surface area (Å²) in [5.74, 6) is -0.380. The highest BCUT2D eigenvalue weighted by Gasteiger charge is 2.48. The number of imide groups is 1. The van der Waals surface area contributed by atoms with Gasteiger partial charge in [-0.25, -0.2) is 0 Å². The van der Waals surface area contributed by atoms with Crippen LogP contribution in [0.4, 0.5) is 0 Å². The molecule has 0 aromatic rings. The Morgan fingerprint density at radius 1 is 1.29 bits per heavy atom. The van der Waals surface area contributed by atoms with Crippen LogP contribution >= 0.6 is 0 Å². The Hall–Kier alpha value is -1.16. The third-order valence-electron chi connectivity index (χ3n) is 3.84. The van der Waals surface area contributed by atoms with Crippen molar-refractivity contribution in [2.24, 2.45) is 11.8 Å². The van der Waals surface area contributed by atoms with Crippen LogP contribution in [0.2, 0.25) is 0 Å². The fourth-order valence-corrected chi connectivity index (χ4v) is 2.85. The summed E-state index contributed by atoms with van der Waals surface area (Å²) >= 11 is 0. The minimum absolute atomic E-state index is 0.0170. The number of likely N-dealkylation sites (tertiary alicyclic amines) is 1. The minimum Gasteiger partial charge on any atom is -0.396 e. The molecule has 1 aliphatic carbocycles. The van der Waals surface area contributed by atoms with Gasteiger partial charge in [-0.2, -0.15) is 0 Å². The predicted octanol–water partition coefficient (Wildman–Crippen LogP) is 1.10. The van der Waals surface area contributed by atoms with Crippen LogP contribution in [-0.4, -0.2) is 34.5 Å². The Balaban J connectivity index is 2.19. The van der Waals surface area contributed by atoms with Crippen LogP contribution in [0.25, 0.3) is 0 Å². The Morgan fingerprint density at radius 3 is 2.24 bits per heavy atom. The molecule has 0 spiro atoms. The lowest BCUT2D eigenvalue weighted by Gasteiger charge is -2.25. The van der Waals surface area contributed by atoms with E-state index < -0.39 is 0 Å². The van der Waals surface area contributed by atoms with Gasteiger partial charge in [-0.3, -0.25) is 14.5 Å². The van der Waals surface area contributed by atoms with Crippen LogP contribution in [0.1, 0.15) is 32.6 Å². The van der Waals surface area contributed by atoms with Gasteiger partial charge >= 0.3 is 0 Å². The van der Waals surface area contributed by atoms with E-state index in [4.69, 9.17) is 5.11 Å². The summed E-state index contributed by atoms with van der Waals surface area (Å²) in [5.41, 5.74) is 0. The third kappa shape index (κ3) is 2.02. The van der Waals surface area contributed by atoms with Gasteiger partial charge in [0.05, 0.1) is 11.8 Å². The molecule has 94 valence electrons. The van der Waals surface area contributed by atoms with Gasteiger partial charge in [0.2, 0.25) is 11.8 Å². The van der Waals surface area contributed by atoms with Crippen molar-refractivity contribution in [3.63, 3.8) is 0 Å². The first-order valence-corrected chi connectivity index (χ1v) is 6.33. The van der Waals surface area contributed by atoms with Gasteiger partial charge in [0, 0.05) is 12.6 Å². The SMILES string of the molecule is CCC(CCO)N1C(=O)[C@H]2CC=CC[C@H]2C1=O. The normalized spacial score (nSPS) is 29.6. The van der Waals surface area contributed by atoms with E-state index in [9.17, 15) is 9.59 Å². The van der Waals surface area contributed by atoms with Crippen LogP contribution in [0.15, 0.2) is 12.2 Å². The number of fused-ring (bicyclic) bond motifs is 1. The lowest BCUT2D eigenvalue weighted by atomic mass is 9.85. The maximum absolute atomic E-state index is 12.2. The highest BCUT2D eigenvalue weighted by molar-refractivity contribution is 6.05. The molecule has 1 saturated heterocycles. The van der Waals surface area contributed by atoms with Crippen molar-refractivity contribution in [3.8, 4) is 0 Å². The van der Waals surface area contributed by atoms with E-state index in [2.05, 4.69) is 0 Å². The second-order valence-electron chi connectivity index (χ2n) is 4.78. The molecule has 0 bridgehead atoms. The van der Waals surface area contributed by atoms with Gasteiger partial charge in [-0.15, -0.1) is 0 Å². The average Bonchev–Trinajstić information content (AvgIpc) is 2.61. The van der Waals surface area contributed by atoms with Crippen LogP contribution in [0.5, 0.6) is 0 Å². The Kier molecular flexibility index (Phi) is 3.62. The molecular formula is C13H19NO3. The minimum atomic E-state index is -0.153. The Labute approximate surface area is 101 Å². The van der Waals surface area contributed by atoms with Gasteiger partial charge in [-0.1, -0.05) is 19.1 Å². The topological polar surface area (TPSA) is 57.6 Å². The first kappa shape index (κ1) is 12.3. The van der Waals surface area contributed by atoms with Crippen molar-refractivity contribution in [3.05, 3.63) is 12.2 Å². The van der Waals surface area contributed by atoms with Crippen molar-refractivity contribution in [1.82, 2.24) is 4.90 Å². The summed E-state index contributed by atoms with van der Waals surface area (Å²) in [6.45, 7) is 1.96. The predicted molar refractivity (Wildman–Crippen MR) is 63.0 cm³/mol. The number of aliphatic hydroxyl groups is 1. The molecule has 4 heteroatoms. The van der Waals surface area contributed by atoms with Crippen molar-refractivity contribution in [2.75, 3.05) is 6.61 Å². The second kappa shape index (κ2) is 5.00. The maximum Gasteiger partial charge on any atom is 0.233 e. The molecule has 2 aliphatic rings. The second-order valence-corrected chi connectivity index (χ2v) is 4.78. The lowest BCUT2D eigenvalue weighted by molar-refractivity contribution is -0.143. The molecule has 2 amide bonds. The van der Waals surface area contributed by atoms with Gasteiger partial charge in [0.1, 0.15) is 0 Å². The molecule has 0 radical (unpaired) electrons. The van der Waals surface area contributed by atoms with E-state index >= 15 is 0 Å². The summed E-state index contributed by atoms with van der Waals surface area (Å²) in [4.78, 5) is 25.8. The van der Waals surface area contributed by atoms with E-state index in [-0.39, 0.29) is 36.3 Å². The van der Waals surface area contributed by atoms with E-state index in [1.807, 2.05) is 19.1 Å². The van der Waals surface area contributed by atoms with E-state index in [1.165, 1.54) is 4.90 Å². The zero-order valence-electron chi connectivity index (χ0n) is 10.1. The first-order valence-electron chi connectivity index (χ1n) is 6.33. The highest BCUT2D eigenvalue weighted by Crippen LogP contribution is 2.36. The number of hydrogen-bond donors (Lipinski definition) is 1. The number of carbonyl (C=O) groups excluding carboxylic acids is 2. The number of rotatable bonds is 4. The van der Waals surface area contributed by atoms with Gasteiger partial charge in [0.25, 0.3) is 0 Å². The monoisotopic (exact) mass is 237 g/mol. The first-order chi connectivity index (χ1) is 8.20. The molecule has 3 atom stereocenters. The molecule has 1 fully saturated rings. The number of allylic oxidation sites excluding steroid dienone is 2. The molecule has 0 aromatic carbocycles. The van der Waals surface area contributed by atoms with Gasteiger partial charge in [0.15, 0.2) is 0 Å². The van der Waals surface area contributed by atoms with Crippen molar-refractivity contribution < 1.29 is 14.7 Å². The maximum atomic E-state index is 12.2. The Bertz CT molecular complexity index is 325. The van der Waals surface area contributed by atoms with E-state index in [0.29, 0.717) is 25.7 Å². The number of hydrogen-bond acceptors (Lipinski definition) is 3. The number of aliphatic hydroxyl groups excluding tert-OH is 1. The molecule has 0 saturated carbocycles. The molecule has 1 heterocycles. The summed E-state index contributed by atoms with van der Waals surface area (Å²) < 4.78 is 0. The average molecular weight is 237 g/mol. The van der Waals surface area contributed by atoms with Gasteiger partial charge < -0.3 is 5.11 Å². The summed E-state index contributed by atoms with van der Waals surface area (Å²) in [5, 5.41) is 9.00. The molecule has 2 rings (SSSR count). The fourth-order valence-electron chi connectivity index (χ4n) is 2.85. The zero-order chi connectivity index (χ0) is 12.4. The quantitative estimate of drug-likeness (QED) is 0.588. The number of carbonyl (C=O) groups is 2. The molecule has 1 N–H and O–H groups in total. The molecule has 1 aliphatic heterocycles. The van der Waals surface area contributed by atoms with Crippen molar-refractivity contribution in [2.45, 2.75) is 38.6 Å². The van der Waals surface area contributed by atoms with E-state index in [0.717, 1.165) is 0 Å². The van der Waals surface area contributed by atoms with Crippen LogP contribution < -0.4 is 0 Å². The third-order valence-corrected chi connectivity index (χ3v) is 3.84. The molecule has 0 aromatic heterocycles. The van der Waals surface area contributed by atoms with Crippen LogP contribution in [0, 0.1) is 11.8 Å². The highest BCUT2D eigenvalue weighted by atomic mass is 16.3. The van der Waals surface area contributed by atoms with Crippen LogP contribution in [0.3, 0.4) is 0 Å². The van der Waals surface area contributed by atoms with Gasteiger partial charge in [-0.05, 0) is 25.7 Å². The molecule has 1 unspecified atom stereocenters. The van der Waals surface area contributed by atoms with Crippen molar-refractivity contribution >= 4 is 11.8 Å². The summed E-state index contributed by atoms with van der Waals surface area (Å²) in [6, 6.07) is -0.134.